The van der Waals surface area contributed by atoms with Crippen molar-refractivity contribution in [3.63, 3.8) is 0 Å². The zero-order valence-corrected chi connectivity index (χ0v) is 13.9. The molecule has 2 aliphatic rings. The van der Waals surface area contributed by atoms with Crippen molar-refractivity contribution in [1.29, 1.82) is 0 Å². The molecule has 0 bridgehead atoms. The number of hydrogen-bond donors (Lipinski definition) is 2. The van der Waals surface area contributed by atoms with E-state index in [-0.39, 0.29) is 11.3 Å². The van der Waals surface area contributed by atoms with Gasteiger partial charge in [0.2, 0.25) is 5.91 Å². The molecule has 4 heteroatoms. The molecule has 126 valence electrons. The summed E-state index contributed by atoms with van der Waals surface area (Å²) in [6, 6.07) is 10.6. The largest absolute Gasteiger partial charge is 0.381 e. The molecule has 0 atom stereocenters. The lowest BCUT2D eigenvalue weighted by Crippen LogP contribution is -2.51. The summed E-state index contributed by atoms with van der Waals surface area (Å²) in [4.78, 5) is 12.8. The van der Waals surface area contributed by atoms with Crippen LogP contribution in [0.3, 0.4) is 0 Å². The minimum absolute atomic E-state index is 0.0951. The summed E-state index contributed by atoms with van der Waals surface area (Å²) in [7, 11) is 0. The second kappa shape index (κ2) is 7.02. The maximum atomic E-state index is 12.8. The Morgan fingerprint density at radius 3 is 2.35 bits per heavy atom. The van der Waals surface area contributed by atoms with Crippen LogP contribution in [0.4, 0.5) is 0 Å². The van der Waals surface area contributed by atoms with Gasteiger partial charge >= 0.3 is 0 Å². The Labute approximate surface area is 138 Å². The number of benzene rings is 1. The van der Waals surface area contributed by atoms with E-state index in [1.807, 2.05) is 0 Å². The molecular formula is C19H28N2O2. The van der Waals surface area contributed by atoms with Gasteiger partial charge in [0, 0.05) is 31.7 Å². The molecule has 1 amide bonds. The van der Waals surface area contributed by atoms with Crippen LogP contribution in [0.5, 0.6) is 0 Å². The van der Waals surface area contributed by atoms with E-state index >= 15 is 0 Å². The van der Waals surface area contributed by atoms with Crippen molar-refractivity contribution in [2.75, 3.05) is 26.3 Å². The highest BCUT2D eigenvalue weighted by atomic mass is 16.5. The second-order valence-corrected chi connectivity index (χ2v) is 7.13. The molecule has 1 aliphatic heterocycles. The standard InChI is InChI=1S/C19H28N2O2/c20-14-18(10-12-23-13-11-18)17(22)21-15-19(8-4-5-9-19)16-6-2-1-3-7-16/h1-3,6-7H,4-5,8-15,20H2,(H,21,22). The van der Waals surface area contributed by atoms with Gasteiger partial charge in [-0.15, -0.1) is 0 Å². The first-order chi connectivity index (χ1) is 11.2. The first-order valence-corrected chi connectivity index (χ1v) is 8.83. The molecule has 2 fully saturated rings. The fourth-order valence-electron chi connectivity index (χ4n) is 4.13. The summed E-state index contributed by atoms with van der Waals surface area (Å²) in [5.41, 5.74) is 6.96. The van der Waals surface area contributed by atoms with Crippen LogP contribution in [0.15, 0.2) is 30.3 Å². The molecule has 0 radical (unpaired) electrons. The highest BCUT2D eigenvalue weighted by molar-refractivity contribution is 5.83. The molecule has 0 spiro atoms. The van der Waals surface area contributed by atoms with Crippen molar-refractivity contribution in [3.8, 4) is 0 Å². The Kier molecular flexibility index (Phi) is 5.02. The average molecular weight is 316 g/mol. The first kappa shape index (κ1) is 16.5. The van der Waals surface area contributed by atoms with Crippen LogP contribution < -0.4 is 11.1 Å². The number of amides is 1. The van der Waals surface area contributed by atoms with Gasteiger partial charge in [-0.3, -0.25) is 4.79 Å². The number of nitrogens with one attached hydrogen (secondary N) is 1. The fraction of sp³-hybridized carbons (Fsp3) is 0.632. The van der Waals surface area contributed by atoms with Crippen molar-refractivity contribution in [2.45, 2.75) is 43.9 Å². The van der Waals surface area contributed by atoms with E-state index in [1.54, 1.807) is 0 Å². The minimum atomic E-state index is -0.436. The molecule has 3 N–H and O–H groups in total. The minimum Gasteiger partial charge on any atom is -0.381 e. The Hall–Kier alpha value is -1.39. The van der Waals surface area contributed by atoms with Crippen molar-refractivity contribution in [2.24, 2.45) is 11.1 Å². The van der Waals surface area contributed by atoms with Crippen LogP contribution in [-0.2, 0) is 14.9 Å². The number of ether oxygens (including phenoxy) is 1. The van der Waals surface area contributed by atoms with E-state index in [2.05, 4.69) is 35.6 Å². The van der Waals surface area contributed by atoms with Crippen molar-refractivity contribution < 1.29 is 9.53 Å². The van der Waals surface area contributed by atoms with E-state index < -0.39 is 5.41 Å². The lowest BCUT2D eigenvalue weighted by Gasteiger charge is -2.37. The molecule has 1 aromatic rings. The predicted molar refractivity (Wildman–Crippen MR) is 91.1 cm³/mol. The SMILES string of the molecule is NCC1(C(=O)NCC2(c3ccccc3)CCCC2)CCOCC1. The molecule has 1 aliphatic carbocycles. The number of carbonyl (C=O) groups is 1. The quantitative estimate of drug-likeness (QED) is 0.876. The van der Waals surface area contributed by atoms with Crippen LogP contribution in [0.25, 0.3) is 0 Å². The Balaban J connectivity index is 1.71. The molecule has 1 saturated carbocycles. The summed E-state index contributed by atoms with van der Waals surface area (Å²) < 4.78 is 5.41. The molecular weight excluding hydrogens is 288 g/mol. The van der Waals surface area contributed by atoms with Gasteiger partial charge in [0.15, 0.2) is 0 Å². The van der Waals surface area contributed by atoms with Gasteiger partial charge in [-0.2, -0.15) is 0 Å². The van der Waals surface area contributed by atoms with Crippen LogP contribution in [0, 0.1) is 5.41 Å². The van der Waals surface area contributed by atoms with Gasteiger partial charge in [-0.25, -0.2) is 0 Å². The molecule has 1 aromatic carbocycles. The molecule has 23 heavy (non-hydrogen) atoms. The zero-order chi connectivity index (χ0) is 16.2. The van der Waals surface area contributed by atoms with Crippen LogP contribution in [-0.4, -0.2) is 32.2 Å². The third kappa shape index (κ3) is 3.29. The van der Waals surface area contributed by atoms with Gasteiger partial charge in [0.1, 0.15) is 0 Å². The Bertz CT molecular complexity index is 517. The maximum Gasteiger partial charge on any atom is 0.227 e. The highest BCUT2D eigenvalue weighted by Crippen LogP contribution is 2.41. The maximum absolute atomic E-state index is 12.8. The van der Waals surface area contributed by atoms with E-state index in [1.165, 1.54) is 18.4 Å². The second-order valence-electron chi connectivity index (χ2n) is 7.13. The molecule has 1 heterocycles. The molecule has 0 unspecified atom stereocenters. The van der Waals surface area contributed by atoms with Crippen molar-refractivity contribution in [3.05, 3.63) is 35.9 Å². The van der Waals surface area contributed by atoms with Gasteiger partial charge < -0.3 is 15.8 Å². The molecule has 4 nitrogen and oxygen atoms in total. The summed E-state index contributed by atoms with van der Waals surface area (Å²) in [5.74, 6) is 0.116. The Morgan fingerprint density at radius 1 is 1.09 bits per heavy atom. The van der Waals surface area contributed by atoms with Crippen LogP contribution >= 0.6 is 0 Å². The third-order valence-corrected chi connectivity index (χ3v) is 5.86. The number of carbonyl (C=O) groups excluding carboxylic acids is 1. The summed E-state index contributed by atoms with van der Waals surface area (Å²) in [5, 5.41) is 3.25. The van der Waals surface area contributed by atoms with Crippen LogP contribution in [0.2, 0.25) is 0 Å². The first-order valence-electron chi connectivity index (χ1n) is 8.83. The van der Waals surface area contributed by atoms with Crippen molar-refractivity contribution in [1.82, 2.24) is 5.32 Å². The predicted octanol–water partition coefficient (Wildman–Crippen LogP) is 2.37. The normalized spacial score (nSPS) is 22.7. The molecule has 3 rings (SSSR count). The third-order valence-electron chi connectivity index (χ3n) is 5.86. The number of rotatable bonds is 5. The summed E-state index contributed by atoms with van der Waals surface area (Å²) in [6.07, 6.45) is 6.23. The smallest absolute Gasteiger partial charge is 0.227 e. The summed E-state index contributed by atoms with van der Waals surface area (Å²) >= 11 is 0. The van der Waals surface area contributed by atoms with E-state index in [0.717, 1.165) is 32.2 Å². The van der Waals surface area contributed by atoms with Gasteiger partial charge in [0.25, 0.3) is 0 Å². The lowest BCUT2D eigenvalue weighted by molar-refractivity contribution is -0.136. The van der Waals surface area contributed by atoms with E-state index in [0.29, 0.717) is 19.8 Å². The average Bonchev–Trinajstić information content (AvgIpc) is 3.11. The Morgan fingerprint density at radius 2 is 1.74 bits per heavy atom. The fourth-order valence-corrected chi connectivity index (χ4v) is 4.13. The number of nitrogens with two attached hydrogens (primary N) is 1. The lowest BCUT2D eigenvalue weighted by atomic mass is 9.77. The van der Waals surface area contributed by atoms with E-state index in [9.17, 15) is 4.79 Å². The molecule has 0 aromatic heterocycles. The summed E-state index contributed by atoms with van der Waals surface area (Å²) in [6.45, 7) is 2.39. The number of hydrogen-bond acceptors (Lipinski definition) is 3. The monoisotopic (exact) mass is 316 g/mol. The molecule has 1 saturated heterocycles. The highest BCUT2D eigenvalue weighted by Gasteiger charge is 2.41. The van der Waals surface area contributed by atoms with Gasteiger partial charge in [-0.05, 0) is 31.2 Å². The van der Waals surface area contributed by atoms with Gasteiger partial charge in [0.05, 0.1) is 5.41 Å². The van der Waals surface area contributed by atoms with Crippen molar-refractivity contribution >= 4 is 5.91 Å². The van der Waals surface area contributed by atoms with Crippen LogP contribution in [0.1, 0.15) is 44.1 Å². The van der Waals surface area contributed by atoms with Gasteiger partial charge in [-0.1, -0.05) is 43.2 Å². The van der Waals surface area contributed by atoms with E-state index in [4.69, 9.17) is 10.5 Å². The zero-order valence-electron chi connectivity index (χ0n) is 13.9. The topological polar surface area (TPSA) is 64.4 Å².